The van der Waals surface area contributed by atoms with Crippen LogP contribution in [0.25, 0.3) is 0 Å². The van der Waals surface area contributed by atoms with E-state index in [0.717, 1.165) is 18.4 Å². The van der Waals surface area contributed by atoms with Gasteiger partial charge in [0.1, 0.15) is 15.6 Å². The van der Waals surface area contributed by atoms with Crippen LogP contribution < -0.4 is 0 Å². The lowest BCUT2D eigenvalue weighted by atomic mass is 9.89. The molecule has 0 saturated heterocycles. The van der Waals surface area contributed by atoms with Gasteiger partial charge >= 0.3 is 0 Å². The number of hydrogen-bond donors (Lipinski definition) is 0. The van der Waals surface area contributed by atoms with Gasteiger partial charge in [-0.15, -0.1) is 0 Å². The molecular weight excluding hydrogens is 248 g/mol. The smallest absolute Gasteiger partial charge is 0.147 e. The molecule has 1 aliphatic carbocycles. The SMILES string of the molecule is CS(=O)(=O)CCCC(=O)C1(c2ccccc2)CC1. The normalized spacial score (nSPS) is 17.4. The molecule has 0 heterocycles. The van der Waals surface area contributed by atoms with Crippen LogP contribution in [0.3, 0.4) is 0 Å². The average Bonchev–Trinajstić information content (AvgIpc) is 3.09. The van der Waals surface area contributed by atoms with Gasteiger partial charge in [0, 0.05) is 12.7 Å². The minimum Gasteiger partial charge on any atom is -0.299 e. The molecule has 18 heavy (non-hydrogen) atoms. The molecule has 1 aromatic rings. The highest BCUT2D eigenvalue weighted by molar-refractivity contribution is 7.90. The van der Waals surface area contributed by atoms with Gasteiger partial charge in [-0.3, -0.25) is 4.79 Å². The maximum absolute atomic E-state index is 12.2. The third-order valence-electron chi connectivity index (χ3n) is 3.53. The molecule has 0 aliphatic heterocycles. The van der Waals surface area contributed by atoms with Gasteiger partial charge in [0.2, 0.25) is 0 Å². The Balaban J connectivity index is 1.98. The molecule has 4 heteroatoms. The highest BCUT2D eigenvalue weighted by Gasteiger charge is 2.49. The largest absolute Gasteiger partial charge is 0.299 e. The second kappa shape index (κ2) is 4.84. The van der Waals surface area contributed by atoms with E-state index in [1.807, 2.05) is 30.3 Å². The first-order valence-electron chi connectivity index (χ1n) is 6.21. The van der Waals surface area contributed by atoms with Crippen molar-refractivity contribution >= 4 is 15.6 Å². The van der Waals surface area contributed by atoms with Gasteiger partial charge in [-0.25, -0.2) is 8.42 Å². The molecule has 0 N–H and O–H groups in total. The van der Waals surface area contributed by atoms with E-state index < -0.39 is 9.84 Å². The summed E-state index contributed by atoms with van der Waals surface area (Å²) in [6.07, 6.45) is 3.80. The third kappa shape index (κ3) is 2.99. The van der Waals surface area contributed by atoms with Crippen LogP contribution in [-0.4, -0.2) is 26.2 Å². The van der Waals surface area contributed by atoms with Gasteiger partial charge in [0.05, 0.1) is 11.2 Å². The van der Waals surface area contributed by atoms with Crippen molar-refractivity contribution in [2.24, 2.45) is 0 Å². The van der Waals surface area contributed by atoms with Crippen LogP contribution in [0.5, 0.6) is 0 Å². The second-order valence-electron chi connectivity index (χ2n) is 5.10. The van der Waals surface area contributed by atoms with E-state index in [-0.39, 0.29) is 17.0 Å². The van der Waals surface area contributed by atoms with Crippen molar-refractivity contribution in [1.82, 2.24) is 0 Å². The Hall–Kier alpha value is -1.16. The molecule has 0 aromatic heterocycles. The molecule has 0 bridgehead atoms. The minimum atomic E-state index is -2.96. The number of benzene rings is 1. The molecule has 0 radical (unpaired) electrons. The predicted octanol–water partition coefficient (Wildman–Crippen LogP) is 2.11. The second-order valence-corrected chi connectivity index (χ2v) is 7.36. The number of hydrogen-bond acceptors (Lipinski definition) is 3. The molecule has 98 valence electrons. The number of rotatable bonds is 6. The first kappa shape index (κ1) is 13.3. The Morgan fingerprint density at radius 2 is 1.83 bits per heavy atom. The molecule has 0 spiro atoms. The van der Waals surface area contributed by atoms with Crippen LogP contribution in [0.4, 0.5) is 0 Å². The summed E-state index contributed by atoms with van der Waals surface area (Å²) in [4.78, 5) is 12.2. The van der Waals surface area contributed by atoms with Gasteiger partial charge in [-0.1, -0.05) is 30.3 Å². The first-order valence-corrected chi connectivity index (χ1v) is 8.27. The summed E-state index contributed by atoms with van der Waals surface area (Å²) in [6, 6.07) is 9.80. The number of Topliss-reactive ketones (excluding diaryl/α,β-unsaturated/α-hetero) is 1. The lowest BCUT2D eigenvalue weighted by Crippen LogP contribution is -2.21. The van der Waals surface area contributed by atoms with Gasteiger partial charge in [0.15, 0.2) is 0 Å². The minimum absolute atomic E-state index is 0.101. The zero-order chi connectivity index (χ0) is 13.2. The van der Waals surface area contributed by atoms with Crippen LogP contribution in [0.15, 0.2) is 30.3 Å². The number of ketones is 1. The third-order valence-corrected chi connectivity index (χ3v) is 4.56. The van der Waals surface area contributed by atoms with Crippen molar-refractivity contribution in [3.05, 3.63) is 35.9 Å². The lowest BCUT2D eigenvalue weighted by molar-refractivity contribution is -0.121. The van der Waals surface area contributed by atoms with E-state index in [0.29, 0.717) is 12.8 Å². The van der Waals surface area contributed by atoms with Gasteiger partial charge < -0.3 is 0 Å². The lowest BCUT2D eigenvalue weighted by Gasteiger charge is -2.14. The Kier molecular flexibility index (Phi) is 3.57. The van der Waals surface area contributed by atoms with E-state index in [9.17, 15) is 13.2 Å². The van der Waals surface area contributed by atoms with Crippen molar-refractivity contribution in [2.75, 3.05) is 12.0 Å². The molecule has 1 aromatic carbocycles. The average molecular weight is 266 g/mol. The van der Waals surface area contributed by atoms with Crippen LogP contribution in [0.2, 0.25) is 0 Å². The summed E-state index contributed by atoms with van der Waals surface area (Å²) in [5.41, 5.74) is 0.771. The van der Waals surface area contributed by atoms with E-state index in [1.165, 1.54) is 6.26 Å². The molecule has 1 fully saturated rings. The van der Waals surface area contributed by atoms with Crippen LogP contribution >= 0.6 is 0 Å². The summed E-state index contributed by atoms with van der Waals surface area (Å²) in [6.45, 7) is 0. The van der Waals surface area contributed by atoms with Crippen molar-refractivity contribution in [3.8, 4) is 0 Å². The summed E-state index contributed by atoms with van der Waals surface area (Å²) < 4.78 is 22.1. The molecule has 0 amide bonds. The van der Waals surface area contributed by atoms with Gasteiger partial charge in [-0.2, -0.15) is 0 Å². The molecule has 0 unspecified atom stereocenters. The molecule has 2 rings (SSSR count). The molecule has 1 aliphatic rings. The highest BCUT2D eigenvalue weighted by atomic mass is 32.2. The molecule has 3 nitrogen and oxygen atoms in total. The fraction of sp³-hybridized carbons (Fsp3) is 0.500. The summed E-state index contributed by atoms with van der Waals surface area (Å²) in [5.74, 6) is 0.293. The van der Waals surface area contributed by atoms with Crippen LogP contribution in [-0.2, 0) is 20.0 Å². The van der Waals surface area contributed by atoms with Crippen molar-refractivity contribution in [1.29, 1.82) is 0 Å². The molecule has 0 atom stereocenters. The summed E-state index contributed by atoms with van der Waals surface area (Å²) >= 11 is 0. The highest BCUT2D eigenvalue weighted by Crippen LogP contribution is 2.49. The summed E-state index contributed by atoms with van der Waals surface area (Å²) in [5, 5.41) is 0. The maximum Gasteiger partial charge on any atom is 0.147 e. The van der Waals surface area contributed by atoms with Crippen LogP contribution in [0, 0.1) is 0 Å². The predicted molar refractivity (Wildman–Crippen MR) is 71.3 cm³/mol. The van der Waals surface area contributed by atoms with E-state index in [2.05, 4.69) is 0 Å². The van der Waals surface area contributed by atoms with Gasteiger partial charge in [0.25, 0.3) is 0 Å². The zero-order valence-corrected chi connectivity index (χ0v) is 11.4. The fourth-order valence-electron chi connectivity index (χ4n) is 2.34. The summed E-state index contributed by atoms with van der Waals surface area (Å²) in [7, 11) is -2.96. The van der Waals surface area contributed by atoms with E-state index in [4.69, 9.17) is 0 Å². The Bertz CT molecular complexity index is 527. The van der Waals surface area contributed by atoms with Crippen LogP contribution in [0.1, 0.15) is 31.2 Å². The number of sulfone groups is 1. The quantitative estimate of drug-likeness (QED) is 0.792. The topological polar surface area (TPSA) is 51.2 Å². The van der Waals surface area contributed by atoms with Crippen molar-refractivity contribution in [2.45, 2.75) is 31.1 Å². The first-order chi connectivity index (χ1) is 8.44. The zero-order valence-electron chi connectivity index (χ0n) is 10.6. The fourth-order valence-corrected chi connectivity index (χ4v) is 3.01. The molecule has 1 saturated carbocycles. The van der Waals surface area contributed by atoms with Crippen molar-refractivity contribution in [3.63, 3.8) is 0 Å². The van der Waals surface area contributed by atoms with Gasteiger partial charge in [-0.05, 0) is 24.8 Å². The standard InChI is InChI=1S/C14H18O3S/c1-18(16,17)11-5-8-13(15)14(9-10-14)12-6-3-2-4-7-12/h2-4,6-7H,5,8-11H2,1H3. The number of carbonyl (C=O) groups is 1. The Morgan fingerprint density at radius 3 is 2.33 bits per heavy atom. The van der Waals surface area contributed by atoms with E-state index in [1.54, 1.807) is 0 Å². The molecular formula is C14H18O3S. The van der Waals surface area contributed by atoms with Crippen molar-refractivity contribution < 1.29 is 13.2 Å². The maximum atomic E-state index is 12.2. The monoisotopic (exact) mass is 266 g/mol. The Labute approximate surface area is 108 Å². The Morgan fingerprint density at radius 1 is 1.22 bits per heavy atom. The number of carbonyl (C=O) groups excluding carboxylic acids is 1. The van der Waals surface area contributed by atoms with E-state index >= 15 is 0 Å².